The largest absolute Gasteiger partial charge is 0.476 e. The molecule has 2 aromatic heterocycles. The molecule has 20 heavy (non-hydrogen) atoms. The Morgan fingerprint density at radius 2 is 2.20 bits per heavy atom. The predicted molar refractivity (Wildman–Crippen MR) is 82.7 cm³/mol. The molecule has 0 bridgehead atoms. The molecule has 4 nitrogen and oxygen atoms in total. The van der Waals surface area contributed by atoms with Gasteiger partial charge in [-0.15, -0.1) is 11.3 Å². The lowest BCUT2D eigenvalue weighted by Crippen LogP contribution is -2.26. The van der Waals surface area contributed by atoms with Crippen LogP contribution in [0.15, 0.2) is 4.60 Å². The van der Waals surface area contributed by atoms with E-state index in [0.29, 0.717) is 15.9 Å². The molecule has 1 aliphatic carbocycles. The van der Waals surface area contributed by atoms with E-state index in [1.807, 2.05) is 4.40 Å². The molecule has 0 aliphatic heterocycles. The van der Waals surface area contributed by atoms with Gasteiger partial charge in [-0.1, -0.05) is 20.8 Å². The zero-order valence-electron chi connectivity index (χ0n) is 11.7. The summed E-state index contributed by atoms with van der Waals surface area (Å²) in [6, 6.07) is 0. The summed E-state index contributed by atoms with van der Waals surface area (Å²) in [5.74, 6) is -0.305. The Kier molecular flexibility index (Phi) is 3.21. The molecular weight excluding hydrogens is 340 g/mol. The topological polar surface area (TPSA) is 54.6 Å². The van der Waals surface area contributed by atoms with Crippen LogP contribution in [0, 0.1) is 11.3 Å². The first-order valence-electron chi connectivity index (χ1n) is 6.71. The lowest BCUT2D eigenvalue weighted by molar-refractivity contribution is 0.0690. The molecule has 0 radical (unpaired) electrons. The number of carbonyl (C=O) groups is 1. The third-order valence-electron chi connectivity index (χ3n) is 4.19. The first-order chi connectivity index (χ1) is 9.29. The Labute approximate surface area is 130 Å². The minimum Gasteiger partial charge on any atom is -0.476 e. The summed E-state index contributed by atoms with van der Waals surface area (Å²) in [6.07, 6.45) is 3.21. The van der Waals surface area contributed by atoms with Gasteiger partial charge in [-0.3, -0.25) is 4.40 Å². The third kappa shape index (κ3) is 2.09. The Balaban J connectivity index is 2.07. The van der Waals surface area contributed by atoms with Gasteiger partial charge < -0.3 is 5.11 Å². The molecule has 2 aromatic rings. The monoisotopic (exact) mass is 356 g/mol. The molecule has 1 N–H and O–H groups in total. The standard InChI is InChI=1S/C14H17BrN2O2S/c1-14(2,3)7-4-5-8-9(6-7)20-13-16-10(12(18)19)11(15)17(8)13/h7H,4-6H2,1-3H3,(H,18,19). The van der Waals surface area contributed by atoms with Gasteiger partial charge in [-0.05, 0) is 46.5 Å². The predicted octanol–water partition coefficient (Wildman–Crippen LogP) is 4.01. The number of fused-ring (bicyclic) bond motifs is 3. The van der Waals surface area contributed by atoms with E-state index >= 15 is 0 Å². The quantitative estimate of drug-likeness (QED) is 0.839. The number of hydrogen-bond donors (Lipinski definition) is 1. The van der Waals surface area contributed by atoms with Crippen molar-refractivity contribution in [1.29, 1.82) is 0 Å². The third-order valence-corrected chi connectivity index (χ3v) is 6.02. The van der Waals surface area contributed by atoms with Crippen LogP contribution in [0.1, 0.15) is 48.3 Å². The first kappa shape index (κ1) is 14.1. The number of aryl methyl sites for hydroxylation is 1. The minimum absolute atomic E-state index is 0.108. The van der Waals surface area contributed by atoms with Gasteiger partial charge in [0.05, 0.1) is 0 Å². The zero-order valence-corrected chi connectivity index (χ0v) is 14.1. The maximum atomic E-state index is 11.1. The SMILES string of the molecule is CC(C)(C)C1CCc2c(sc3nc(C(=O)O)c(Br)n23)C1. The molecule has 0 spiro atoms. The fraction of sp³-hybridized carbons (Fsp3) is 0.571. The van der Waals surface area contributed by atoms with Gasteiger partial charge >= 0.3 is 5.97 Å². The fourth-order valence-electron chi connectivity index (χ4n) is 2.90. The average molecular weight is 357 g/mol. The summed E-state index contributed by atoms with van der Waals surface area (Å²) >= 11 is 5.02. The molecule has 0 saturated carbocycles. The molecule has 1 aliphatic rings. The highest BCUT2D eigenvalue weighted by Gasteiger charge is 2.32. The van der Waals surface area contributed by atoms with Crippen molar-refractivity contribution < 1.29 is 9.90 Å². The second-order valence-electron chi connectivity index (χ2n) is 6.45. The van der Waals surface area contributed by atoms with E-state index in [1.54, 1.807) is 11.3 Å². The van der Waals surface area contributed by atoms with Gasteiger partial charge in [-0.25, -0.2) is 9.78 Å². The molecule has 0 aromatic carbocycles. The van der Waals surface area contributed by atoms with Crippen LogP contribution in [0.2, 0.25) is 0 Å². The molecule has 6 heteroatoms. The zero-order chi connectivity index (χ0) is 14.7. The van der Waals surface area contributed by atoms with Crippen LogP contribution in [0.5, 0.6) is 0 Å². The van der Waals surface area contributed by atoms with Crippen LogP contribution >= 0.6 is 27.3 Å². The van der Waals surface area contributed by atoms with Crippen LogP contribution in [0.3, 0.4) is 0 Å². The Morgan fingerprint density at radius 3 is 2.80 bits per heavy atom. The summed E-state index contributed by atoms with van der Waals surface area (Å²) in [6.45, 7) is 6.87. The van der Waals surface area contributed by atoms with Gasteiger partial charge in [-0.2, -0.15) is 0 Å². The van der Waals surface area contributed by atoms with E-state index in [-0.39, 0.29) is 5.69 Å². The number of nitrogens with zero attached hydrogens (tertiary/aromatic N) is 2. The van der Waals surface area contributed by atoms with Crippen molar-refractivity contribution in [3.63, 3.8) is 0 Å². The average Bonchev–Trinajstić information content (AvgIpc) is 2.84. The summed E-state index contributed by atoms with van der Waals surface area (Å²) < 4.78 is 2.55. The molecule has 108 valence electrons. The number of rotatable bonds is 1. The van der Waals surface area contributed by atoms with E-state index in [2.05, 4.69) is 41.7 Å². The number of hydrogen-bond acceptors (Lipinski definition) is 3. The Bertz CT molecular complexity index is 696. The number of carboxylic acid groups (broad SMARTS) is 1. The van der Waals surface area contributed by atoms with Crippen molar-refractivity contribution in [3.05, 3.63) is 20.9 Å². The summed E-state index contributed by atoms with van der Waals surface area (Å²) in [4.78, 5) is 17.5. The molecule has 0 amide bonds. The van der Waals surface area contributed by atoms with Crippen LogP contribution in [-0.2, 0) is 12.8 Å². The van der Waals surface area contributed by atoms with Crippen LogP contribution < -0.4 is 0 Å². The lowest BCUT2D eigenvalue weighted by Gasteiger charge is -2.33. The van der Waals surface area contributed by atoms with Crippen LogP contribution in [0.25, 0.3) is 4.96 Å². The molecular formula is C14H17BrN2O2S. The van der Waals surface area contributed by atoms with Gasteiger partial charge in [0, 0.05) is 10.6 Å². The molecule has 3 rings (SSSR count). The van der Waals surface area contributed by atoms with Gasteiger partial charge in [0.1, 0.15) is 4.60 Å². The maximum Gasteiger partial charge on any atom is 0.357 e. The highest BCUT2D eigenvalue weighted by Crippen LogP contribution is 2.41. The summed E-state index contributed by atoms with van der Waals surface area (Å²) in [5, 5.41) is 9.14. The van der Waals surface area contributed by atoms with E-state index in [1.165, 1.54) is 10.6 Å². The smallest absolute Gasteiger partial charge is 0.357 e. The first-order valence-corrected chi connectivity index (χ1v) is 8.31. The van der Waals surface area contributed by atoms with Crippen LogP contribution in [0.4, 0.5) is 0 Å². The van der Waals surface area contributed by atoms with Crippen molar-refractivity contribution >= 4 is 38.2 Å². The van der Waals surface area contributed by atoms with Crippen molar-refractivity contribution in [2.24, 2.45) is 11.3 Å². The fourth-order valence-corrected chi connectivity index (χ4v) is 4.90. The highest BCUT2D eigenvalue weighted by molar-refractivity contribution is 9.10. The second kappa shape index (κ2) is 4.56. The number of imidazole rings is 1. The van der Waals surface area contributed by atoms with Crippen molar-refractivity contribution in [2.45, 2.75) is 40.0 Å². The maximum absolute atomic E-state index is 11.1. The number of aromatic nitrogens is 2. The molecule has 1 atom stereocenters. The van der Waals surface area contributed by atoms with E-state index < -0.39 is 5.97 Å². The summed E-state index contributed by atoms with van der Waals surface area (Å²) in [7, 11) is 0. The number of halogens is 1. The normalized spacial score (nSPS) is 19.3. The molecule has 0 fully saturated rings. The van der Waals surface area contributed by atoms with Gasteiger partial charge in [0.15, 0.2) is 10.7 Å². The van der Waals surface area contributed by atoms with Gasteiger partial charge in [0.2, 0.25) is 0 Å². The molecule has 0 saturated heterocycles. The lowest BCUT2D eigenvalue weighted by atomic mass is 9.73. The molecule has 2 heterocycles. The van der Waals surface area contributed by atoms with Crippen LogP contribution in [-0.4, -0.2) is 20.5 Å². The minimum atomic E-state index is -0.982. The van der Waals surface area contributed by atoms with Gasteiger partial charge in [0.25, 0.3) is 0 Å². The van der Waals surface area contributed by atoms with E-state index in [0.717, 1.165) is 24.2 Å². The number of thiazole rings is 1. The van der Waals surface area contributed by atoms with Crippen molar-refractivity contribution in [3.8, 4) is 0 Å². The Hall–Kier alpha value is -0.880. The highest BCUT2D eigenvalue weighted by atomic mass is 79.9. The number of carboxylic acids is 1. The number of aromatic carboxylic acids is 1. The summed E-state index contributed by atoms with van der Waals surface area (Å²) in [5.41, 5.74) is 1.65. The van der Waals surface area contributed by atoms with E-state index in [4.69, 9.17) is 5.11 Å². The second-order valence-corrected chi connectivity index (χ2v) is 8.27. The van der Waals surface area contributed by atoms with E-state index in [9.17, 15) is 4.79 Å². The van der Waals surface area contributed by atoms with Crippen molar-refractivity contribution in [2.75, 3.05) is 0 Å². The van der Waals surface area contributed by atoms with Crippen molar-refractivity contribution in [1.82, 2.24) is 9.38 Å². The molecule has 1 unspecified atom stereocenters. The Morgan fingerprint density at radius 1 is 1.50 bits per heavy atom.